The molecular weight excluding hydrogens is 448 g/mol. The number of H-pyrrole nitrogens is 1. The average Bonchev–Trinajstić information content (AvgIpc) is 3.43. The molecular formula is C30H32N4O2. The van der Waals surface area contributed by atoms with Gasteiger partial charge in [-0.15, -0.1) is 0 Å². The Balaban J connectivity index is 1.32. The first-order valence-electron chi connectivity index (χ1n) is 12.9. The number of aromatic nitrogens is 2. The Morgan fingerprint density at radius 2 is 1.89 bits per heavy atom. The molecule has 2 atom stereocenters. The van der Waals surface area contributed by atoms with Crippen LogP contribution in [0.15, 0.2) is 60.7 Å². The molecule has 4 aromatic rings. The molecule has 184 valence electrons. The maximum atomic E-state index is 13.1. The van der Waals surface area contributed by atoms with Crippen LogP contribution in [0.3, 0.4) is 0 Å². The van der Waals surface area contributed by atoms with Crippen molar-refractivity contribution in [2.75, 3.05) is 30.4 Å². The number of ether oxygens (including phenoxy) is 1. The number of aromatic amines is 1. The van der Waals surface area contributed by atoms with Crippen molar-refractivity contribution in [2.24, 2.45) is 0 Å². The lowest BCUT2D eigenvalue weighted by Crippen LogP contribution is -2.24. The lowest BCUT2D eigenvalue weighted by Gasteiger charge is -2.24. The zero-order valence-electron chi connectivity index (χ0n) is 21.1. The van der Waals surface area contributed by atoms with Gasteiger partial charge >= 0.3 is 0 Å². The van der Waals surface area contributed by atoms with E-state index >= 15 is 0 Å². The molecule has 1 saturated carbocycles. The van der Waals surface area contributed by atoms with Crippen LogP contribution in [0.5, 0.6) is 5.75 Å². The number of anilines is 2. The summed E-state index contributed by atoms with van der Waals surface area (Å²) in [6, 6.07) is 21.0. The normalized spacial score (nSPS) is 20.0. The predicted octanol–water partition coefficient (Wildman–Crippen LogP) is 6.24. The lowest BCUT2D eigenvalue weighted by atomic mass is 9.91. The molecule has 1 aliphatic carbocycles. The summed E-state index contributed by atoms with van der Waals surface area (Å²) in [5.74, 6) is 1.01. The third-order valence-corrected chi connectivity index (χ3v) is 7.78. The van der Waals surface area contributed by atoms with Gasteiger partial charge in [-0.05, 0) is 66.8 Å². The van der Waals surface area contributed by atoms with E-state index in [0.717, 1.165) is 77.1 Å². The highest BCUT2D eigenvalue weighted by atomic mass is 16.5. The van der Waals surface area contributed by atoms with Gasteiger partial charge in [0.2, 0.25) is 5.91 Å². The quantitative estimate of drug-likeness (QED) is 0.313. The van der Waals surface area contributed by atoms with Gasteiger partial charge in [0.1, 0.15) is 5.75 Å². The summed E-state index contributed by atoms with van der Waals surface area (Å²) in [6.45, 7) is 6.54. The number of benzene rings is 3. The number of hydrogen-bond acceptors (Lipinski definition) is 4. The van der Waals surface area contributed by atoms with Gasteiger partial charge in [-0.25, -0.2) is 0 Å². The molecule has 0 unspecified atom stereocenters. The maximum Gasteiger partial charge on any atom is 0.235 e. The van der Waals surface area contributed by atoms with Gasteiger partial charge < -0.3 is 15.0 Å². The standard InChI is InChI=1S/C30H32N4O2/c1-4-13-34(14-5-2)21-8-6-7-20(15-21)28-23-11-9-19(16-27(23)32-33-28)25-18-30(25)24-17-22(36-3)10-12-26(24)31-29(30)35/h6-12,15-17,25H,4-5,13-14,18H2,1-3H3,(H,31,35)(H,32,33)/t25-,30-/m0/s1. The second kappa shape index (κ2) is 8.70. The second-order valence-corrected chi connectivity index (χ2v) is 10.0. The Morgan fingerprint density at radius 3 is 2.67 bits per heavy atom. The summed E-state index contributed by atoms with van der Waals surface area (Å²) in [7, 11) is 1.66. The highest BCUT2D eigenvalue weighted by Gasteiger charge is 2.65. The first kappa shape index (κ1) is 22.7. The molecule has 6 rings (SSSR count). The number of nitrogens with one attached hydrogen (secondary N) is 2. The van der Waals surface area contributed by atoms with Gasteiger partial charge in [-0.3, -0.25) is 9.89 Å². The first-order valence-corrected chi connectivity index (χ1v) is 12.9. The van der Waals surface area contributed by atoms with E-state index in [9.17, 15) is 4.79 Å². The molecule has 3 aromatic carbocycles. The van der Waals surface area contributed by atoms with E-state index in [-0.39, 0.29) is 11.8 Å². The molecule has 0 saturated heterocycles. The summed E-state index contributed by atoms with van der Waals surface area (Å²) in [5.41, 5.74) is 6.92. The highest BCUT2D eigenvalue weighted by molar-refractivity contribution is 6.10. The summed E-state index contributed by atoms with van der Waals surface area (Å²) >= 11 is 0. The van der Waals surface area contributed by atoms with Crippen molar-refractivity contribution in [2.45, 2.75) is 44.4 Å². The minimum atomic E-state index is -0.503. The van der Waals surface area contributed by atoms with Crippen molar-refractivity contribution < 1.29 is 9.53 Å². The van der Waals surface area contributed by atoms with Crippen LogP contribution in [0.1, 0.15) is 50.2 Å². The molecule has 1 fully saturated rings. The number of fused-ring (bicyclic) bond motifs is 3. The monoisotopic (exact) mass is 480 g/mol. The van der Waals surface area contributed by atoms with Crippen LogP contribution in [-0.4, -0.2) is 36.3 Å². The van der Waals surface area contributed by atoms with Crippen LogP contribution in [0.25, 0.3) is 22.2 Å². The van der Waals surface area contributed by atoms with E-state index in [1.54, 1.807) is 7.11 Å². The van der Waals surface area contributed by atoms with Crippen LogP contribution in [0.2, 0.25) is 0 Å². The summed E-state index contributed by atoms with van der Waals surface area (Å²) in [6.07, 6.45) is 3.05. The number of methoxy groups -OCH3 is 1. The van der Waals surface area contributed by atoms with E-state index in [4.69, 9.17) is 9.84 Å². The predicted molar refractivity (Wildman–Crippen MR) is 145 cm³/mol. The number of carbonyl (C=O) groups excluding carboxylic acids is 1. The fourth-order valence-electron chi connectivity index (χ4n) is 5.93. The largest absolute Gasteiger partial charge is 0.497 e. The fraction of sp³-hybridized carbons (Fsp3) is 0.333. The van der Waals surface area contributed by atoms with Crippen molar-refractivity contribution in [3.63, 3.8) is 0 Å². The smallest absolute Gasteiger partial charge is 0.235 e. The third kappa shape index (κ3) is 3.47. The number of hydrogen-bond donors (Lipinski definition) is 2. The van der Waals surface area contributed by atoms with E-state index in [2.05, 4.69) is 71.6 Å². The fourth-order valence-corrected chi connectivity index (χ4v) is 5.93. The van der Waals surface area contributed by atoms with Crippen LogP contribution in [0, 0.1) is 0 Å². The van der Waals surface area contributed by atoms with Gasteiger partial charge in [-0.2, -0.15) is 5.10 Å². The molecule has 6 nitrogen and oxygen atoms in total. The van der Waals surface area contributed by atoms with E-state index in [1.165, 1.54) is 5.69 Å². The van der Waals surface area contributed by atoms with Gasteiger partial charge in [0, 0.05) is 41.3 Å². The van der Waals surface area contributed by atoms with E-state index in [0.29, 0.717) is 0 Å². The Morgan fingerprint density at radius 1 is 1.06 bits per heavy atom. The summed E-state index contributed by atoms with van der Waals surface area (Å²) < 4.78 is 5.43. The topological polar surface area (TPSA) is 70.2 Å². The summed E-state index contributed by atoms with van der Waals surface area (Å²) in [4.78, 5) is 15.5. The van der Waals surface area contributed by atoms with Gasteiger partial charge in [0.25, 0.3) is 0 Å². The number of nitrogens with zero attached hydrogens (tertiary/aromatic N) is 2. The maximum absolute atomic E-state index is 13.1. The lowest BCUT2D eigenvalue weighted by molar-refractivity contribution is -0.118. The second-order valence-electron chi connectivity index (χ2n) is 10.0. The molecule has 2 N–H and O–H groups in total. The molecule has 0 bridgehead atoms. The molecule has 36 heavy (non-hydrogen) atoms. The van der Waals surface area contributed by atoms with Crippen molar-refractivity contribution in [1.82, 2.24) is 10.2 Å². The van der Waals surface area contributed by atoms with Crippen molar-refractivity contribution >= 4 is 28.2 Å². The van der Waals surface area contributed by atoms with Gasteiger partial charge in [-0.1, -0.05) is 38.1 Å². The van der Waals surface area contributed by atoms with Gasteiger partial charge in [0.15, 0.2) is 0 Å². The Kier molecular flexibility index (Phi) is 5.47. The molecule has 2 heterocycles. The molecule has 2 aliphatic rings. The van der Waals surface area contributed by atoms with E-state index < -0.39 is 5.41 Å². The number of amides is 1. The minimum absolute atomic E-state index is 0.0849. The Hall–Kier alpha value is -3.80. The zero-order valence-corrected chi connectivity index (χ0v) is 21.1. The molecule has 1 spiro atoms. The number of carbonyl (C=O) groups is 1. The zero-order chi connectivity index (χ0) is 24.9. The summed E-state index contributed by atoms with van der Waals surface area (Å²) in [5, 5.41) is 12.1. The van der Waals surface area contributed by atoms with Gasteiger partial charge in [0.05, 0.1) is 23.7 Å². The van der Waals surface area contributed by atoms with Crippen molar-refractivity contribution in [1.29, 1.82) is 0 Å². The first-order chi connectivity index (χ1) is 17.6. The van der Waals surface area contributed by atoms with E-state index in [1.807, 2.05) is 18.2 Å². The van der Waals surface area contributed by atoms with Crippen LogP contribution in [0.4, 0.5) is 11.4 Å². The SMILES string of the molecule is CCCN(CCC)c1cccc(-c2n[nH]c3cc([C@@H]4C[C@@]45C(=O)Nc4ccc(OC)cc45)ccc23)c1. The Labute approximate surface area is 211 Å². The minimum Gasteiger partial charge on any atom is -0.497 e. The Bertz CT molecular complexity index is 1450. The van der Waals surface area contributed by atoms with Crippen molar-refractivity contribution in [3.8, 4) is 17.0 Å². The average molecular weight is 481 g/mol. The van der Waals surface area contributed by atoms with Crippen molar-refractivity contribution in [3.05, 3.63) is 71.8 Å². The number of rotatable bonds is 8. The molecule has 1 amide bonds. The molecule has 1 aliphatic heterocycles. The van der Waals surface area contributed by atoms with Crippen LogP contribution in [-0.2, 0) is 10.2 Å². The van der Waals surface area contributed by atoms with Crippen LogP contribution >= 0.6 is 0 Å². The molecule has 1 aromatic heterocycles. The van der Waals surface area contributed by atoms with Crippen LogP contribution < -0.4 is 15.0 Å². The third-order valence-electron chi connectivity index (χ3n) is 7.78. The molecule has 0 radical (unpaired) electrons. The molecule has 6 heteroatoms. The highest BCUT2D eigenvalue weighted by Crippen LogP contribution is 2.65.